The van der Waals surface area contributed by atoms with Crippen LogP contribution in [-0.2, 0) is 6.54 Å². The van der Waals surface area contributed by atoms with Gasteiger partial charge in [-0.15, -0.1) is 0 Å². The summed E-state index contributed by atoms with van der Waals surface area (Å²) in [5.74, 6) is 0. The van der Waals surface area contributed by atoms with Gasteiger partial charge < -0.3 is 0 Å². The number of rotatable bonds is 4. The summed E-state index contributed by atoms with van der Waals surface area (Å²) < 4.78 is 3.14. The van der Waals surface area contributed by atoms with Crippen molar-refractivity contribution in [3.63, 3.8) is 0 Å². The van der Waals surface area contributed by atoms with Crippen molar-refractivity contribution in [3.05, 3.63) is 77.2 Å². The van der Waals surface area contributed by atoms with Gasteiger partial charge in [0.15, 0.2) is 0 Å². The van der Waals surface area contributed by atoms with Gasteiger partial charge in [0, 0.05) is 17.8 Å². The third kappa shape index (κ3) is 2.76. The first-order valence-electron chi connectivity index (χ1n) is 8.26. The molecule has 6 heteroatoms. The molecule has 0 bridgehead atoms. The summed E-state index contributed by atoms with van der Waals surface area (Å²) in [6.07, 6.45) is 2.12. The fourth-order valence-corrected chi connectivity index (χ4v) is 2.95. The molecular formula is C20H15N5O. The van der Waals surface area contributed by atoms with Crippen molar-refractivity contribution in [2.24, 2.45) is 0 Å². The quantitative estimate of drug-likeness (QED) is 0.571. The van der Waals surface area contributed by atoms with Crippen LogP contribution in [0.2, 0.25) is 0 Å². The molecule has 0 atom stereocenters. The molecule has 0 amide bonds. The van der Waals surface area contributed by atoms with Crippen LogP contribution in [-0.4, -0.2) is 19.4 Å². The second kappa shape index (κ2) is 6.65. The molecule has 0 spiro atoms. The van der Waals surface area contributed by atoms with E-state index in [2.05, 4.69) is 5.10 Å². The summed E-state index contributed by atoms with van der Waals surface area (Å²) in [6, 6.07) is 21.0. The highest BCUT2D eigenvalue weighted by Gasteiger charge is 2.18. The molecule has 0 aliphatic heterocycles. The van der Waals surface area contributed by atoms with Crippen molar-refractivity contribution in [2.75, 3.05) is 0 Å². The van der Waals surface area contributed by atoms with Gasteiger partial charge in [-0.25, -0.2) is 9.20 Å². The Bertz CT molecular complexity index is 1170. The maximum atomic E-state index is 12.0. The van der Waals surface area contributed by atoms with Crippen LogP contribution in [0.3, 0.4) is 0 Å². The van der Waals surface area contributed by atoms with E-state index in [0.717, 1.165) is 22.3 Å². The lowest BCUT2D eigenvalue weighted by Gasteiger charge is -2.06. The van der Waals surface area contributed by atoms with E-state index in [1.165, 1.54) is 10.7 Å². The van der Waals surface area contributed by atoms with Crippen molar-refractivity contribution in [1.29, 1.82) is 5.26 Å². The smallest absolute Gasteiger partial charge is 0.266 e. The molecular weight excluding hydrogens is 326 g/mol. The molecule has 1 aromatic carbocycles. The van der Waals surface area contributed by atoms with Gasteiger partial charge in [0.25, 0.3) is 5.56 Å². The molecule has 0 N–H and O–H groups in total. The Labute approximate surface area is 149 Å². The maximum Gasteiger partial charge on any atom is 0.266 e. The van der Waals surface area contributed by atoms with Crippen molar-refractivity contribution in [3.8, 4) is 28.6 Å². The first-order chi connectivity index (χ1) is 12.8. The molecule has 26 heavy (non-hydrogen) atoms. The highest BCUT2D eigenvalue weighted by Crippen LogP contribution is 2.33. The minimum atomic E-state index is -0.221. The number of fused-ring (bicyclic) bond motifs is 1. The van der Waals surface area contributed by atoms with Gasteiger partial charge in [-0.2, -0.15) is 15.5 Å². The summed E-state index contributed by atoms with van der Waals surface area (Å²) in [5.41, 5.74) is 3.98. The number of pyridine rings is 1. The van der Waals surface area contributed by atoms with Crippen LogP contribution in [0, 0.1) is 11.3 Å². The first-order valence-corrected chi connectivity index (χ1v) is 8.26. The summed E-state index contributed by atoms with van der Waals surface area (Å²) in [5, 5.41) is 18.0. The van der Waals surface area contributed by atoms with E-state index in [1.807, 2.05) is 65.3 Å². The fourth-order valence-electron chi connectivity index (χ4n) is 2.95. The number of hydrogen-bond donors (Lipinski definition) is 0. The summed E-state index contributed by atoms with van der Waals surface area (Å²) in [4.78, 5) is 12.0. The molecule has 0 radical (unpaired) electrons. The summed E-state index contributed by atoms with van der Waals surface area (Å²) in [6.45, 7) is 0.267. The van der Waals surface area contributed by atoms with Gasteiger partial charge in [-0.1, -0.05) is 36.4 Å². The topological polar surface area (TPSA) is 76.0 Å². The number of hydrogen-bond acceptors (Lipinski definition) is 4. The SMILES string of the molecule is N#CCCn1nc(-c2c(-c3ccccc3)nn3ccccc23)ccc1=O. The third-order valence-electron chi connectivity index (χ3n) is 4.15. The second-order valence-electron chi connectivity index (χ2n) is 5.81. The Morgan fingerprint density at radius 1 is 0.962 bits per heavy atom. The zero-order valence-corrected chi connectivity index (χ0v) is 13.9. The predicted octanol–water partition coefficient (Wildman–Crippen LogP) is 3.14. The normalized spacial score (nSPS) is 10.7. The monoisotopic (exact) mass is 341 g/mol. The number of aryl methyl sites for hydroxylation is 1. The zero-order valence-electron chi connectivity index (χ0n) is 13.9. The Balaban J connectivity index is 1.97. The lowest BCUT2D eigenvalue weighted by atomic mass is 10.0. The van der Waals surface area contributed by atoms with Gasteiger partial charge in [0.1, 0.15) is 5.69 Å². The van der Waals surface area contributed by atoms with Crippen molar-refractivity contribution in [1.82, 2.24) is 19.4 Å². The minimum Gasteiger partial charge on any atom is -0.268 e. The number of benzene rings is 1. The van der Waals surface area contributed by atoms with Crippen LogP contribution in [0.15, 0.2) is 71.7 Å². The molecule has 4 aromatic rings. The minimum absolute atomic E-state index is 0.221. The number of aromatic nitrogens is 4. The van der Waals surface area contributed by atoms with E-state index in [-0.39, 0.29) is 18.5 Å². The number of nitriles is 1. The summed E-state index contributed by atoms with van der Waals surface area (Å²) >= 11 is 0. The van der Waals surface area contributed by atoms with Crippen molar-refractivity contribution >= 4 is 5.52 Å². The van der Waals surface area contributed by atoms with Gasteiger partial charge in [0.05, 0.1) is 35.8 Å². The first kappa shape index (κ1) is 15.8. The Hall–Kier alpha value is -3.72. The summed E-state index contributed by atoms with van der Waals surface area (Å²) in [7, 11) is 0. The van der Waals surface area contributed by atoms with Crippen LogP contribution in [0.25, 0.3) is 28.0 Å². The van der Waals surface area contributed by atoms with Crippen molar-refractivity contribution in [2.45, 2.75) is 13.0 Å². The molecule has 126 valence electrons. The predicted molar refractivity (Wildman–Crippen MR) is 98.3 cm³/mol. The van der Waals surface area contributed by atoms with E-state index in [0.29, 0.717) is 5.69 Å². The molecule has 4 rings (SSSR count). The fraction of sp³-hybridized carbons (Fsp3) is 0.100. The standard InChI is InChI=1S/C20H15N5O/c21-12-6-14-25-18(26)11-10-16(22-25)19-17-9-4-5-13-24(17)23-20(19)15-7-2-1-3-8-15/h1-5,7-11,13H,6,14H2. The van der Waals surface area contributed by atoms with Gasteiger partial charge in [-0.05, 0) is 18.2 Å². The average Bonchev–Trinajstić information content (AvgIpc) is 3.08. The van der Waals surface area contributed by atoms with Crippen LogP contribution in [0.5, 0.6) is 0 Å². The molecule has 6 nitrogen and oxygen atoms in total. The maximum absolute atomic E-state index is 12.0. The molecule has 0 saturated carbocycles. The largest absolute Gasteiger partial charge is 0.268 e. The van der Waals surface area contributed by atoms with Crippen LogP contribution in [0.4, 0.5) is 0 Å². The lowest BCUT2D eigenvalue weighted by molar-refractivity contribution is 0.592. The van der Waals surface area contributed by atoms with Crippen LogP contribution in [0.1, 0.15) is 6.42 Å². The second-order valence-corrected chi connectivity index (χ2v) is 5.81. The van der Waals surface area contributed by atoms with E-state index < -0.39 is 0 Å². The molecule has 0 saturated heterocycles. The van der Waals surface area contributed by atoms with Gasteiger partial charge in [0.2, 0.25) is 0 Å². The van der Waals surface area contributed by atoms with E-state index >= 15 is 0 Å². The van der Waals surface area contributed by atoms with E-state index in [4.69, 9.17) is 10.4 Å². The molecule has 3 aromatic heterocycles. The van der Waals surface area contributed by atoms with Crippen LogP contribution >= 0.6 is 0 Å². The van der Waals surface area contributed by atoms with E-state index in [9.17, 15) is 4.79 Å². The van der Waals surface area contributed by atoms with Gasteiger partial charge >= 0.3 is 0 Å². The number of nitrogens with zero attached hydrogens (tertiary/aromatic N) is 5. The highest BCUT2D eigenvalue weighted by molar-refractivity contribution is 5.90. The van der Waals surface area contributed by atoms with Crippen LogP contribution < -0.4 is 5.56 Å². The highest BCUT2D eigenvalue weighted by atomic mass is 16.1. The van der Waals surface area contributed by atoms with E-state index in [1.54, 1.807) is 6.07 Å². The molecule has 0 aliphatic carbocycles. The Morgan fingerprint density at radius 2 is 1.77 bits per heavy atom. The molecule has 0 unspecified atom stereocenters. The Kier molecular flexibility index (Phi) is 4.04. The Morgan fingerprint density at radius 3 is 2.58 bits per heavy atom. The molecule has 0 fully saturated rings. The van der Waals surface area contributed by atoms with Crippen molar-refractivity contribution < 1.29 is 0 Å². The van der Waals surface area contributed by atoms with Gasteiger partial charge in [-0.3, -0.25) is 4.79 Å². The molecule has 0 aliphatic rings. The zero-order chi connectivity index (χ0) is 17.9. The molecule has 3 heterocycles. The third-order valence-corrected chi connectivity index (χ3v) is 4.15. The lowest BCUT2D eigenvalue weighted by Crippen LogP contribution is -2.22. The average molecular weight is 341 g/mol.